The van der Waals surface area contributed by atoms with E-state index in [-0.39, 0.29) is 33.6 Å². The summed E-state index contributed by atoms with van der Waals surface area (Å²) in [5, 5.41) is -1.56. The number of halogens is 5. The summed E-state index contributed by atoms with van der Waals surface area (Å²) in [5.74, 6) is 0.0374. The Morgan fingerprint density at radius 2 is 1.73 bits per heavy atom. The Morgan fingerprint density at radius 1 is 1.05 bits per heavy atom. The van der Waals surface area contributed by atoms with Gasteiger partial charge in [-0.15, -0.1) is 0 Å². The van der Waals surface area contributed by atoms with Crippen molar-refractivity contribution in [3.63, 3.8) is 0 Å². The average molecular weight is 582 g/mol. The molecule has 11 heteroatoms. The Kier molecular flexibility index (Phi) is 6.87. The number of rotatable bonds is 5. The fourth-order valence-electron chi connectivity index (χ4n) is 4.37. The molecule has 1 amide bonds. The molecule has 0 bridgehead atoms. The first-order valence-electron chi connectivity index (χ1n) is 10.9. The number of ether oxygens (including phenoxy) is 1. The van der Waals surface area contributed by atoms with Crippen LogP contribution in [0.5, 0.6) is 5.75 Å². The molecular weight excluding hydrogens is 565 g/mol. The van der Waals surface area contributed by atoms with Gasteiger partial charge in [-0.1, -0.05) is 65.3 Å². The van der Waals surface area contributed by atoms with Gasteiger partial charge < -0.3 is 14.6 Å². The molecule has 2 heterocycles. The van der Waals surface area contributed by atoms with Gasteiger partial charge in [0.1, 0.15) is 17.0 Å². The second kappa shape index (κ2) is 9.83. The number of methoxy groups -OCH3 is 1. The van der Waals surface area contributed by atoms with E-state index in [2.05, 4.69) is 4.98 Å². The van der Waals surface area contributed by atoms with Gasteiger partial charge in [-0.3, -0.25) is 9.59 Å². The van der Waals surface area contributed by atoms with E-state index >= 15 is 0 Å². The molecule has 0 saturated carbocycles. The predicted octanol–water partition coefficient (Wildman–Crippen LogP) is 7.44. The number of carbonyl (C=O) groups is 1. The van der Waals surface area contributed by atoms with Gasteiger partial charge in [-0.2, -0.15) is 8.78 Å². The minimum Gasteiger partial charge on any atom is -0.496 e. The second-order valence-electron chi connectivity index (χ2n) is 8.33. The van der Waals surface area contributed by atoms with E-state index in [9.17, 15) is 18.4 Å². The number of aromatic amines is 1. The second-order valence-corrected chi connectivity index (χ2v) is 10.7. The topological polar surface area (TPSA) is 62.4 Å². The summed E-state index contributed by atoms with van der Waals surface area (Å²) >= 11 is 18.6. The van der Waals surface area contributed by atoms with Gasteiger partial charge in [0.25, 0.3) is 11.5 Å². The standard InChI is InChI=1S/C26H17Cl3F2N2O3S/c1-36-19-9-13-11-33(12-16(13)14-5-2-3-6-15(14)19)25(35)22-20(10-21(26(29,30)31)32-24(22)34)37-23-17(27)7-4-8-18(23)28/h2-10H,11-12H2,1H3,(H,32,34). The molecule has 37 heavy (non-hydrogen) atoms. The number of amides is 1. The minimum absolute atomic E-state index is 0.0440. The molecule has 5 rings (SSSR count). The maximum Gasteiger partial charge on any atom is 0.362 e. The summed E-state index contributed by atoms with van der Waals surface area (Å²) in [6.45, 7) is 0.432. The van der Waals surface area contributed by atoms with Crippen molar-refractivity contribution in [2.24, 2.45) is 0 Å². The summed E-state index contributed by atoms with van der Waals surface area (Å²) < 4.78 is 33.5. The molecule has 1 aromatic heterocycles. The van der Waals surface area contributed by atoms with Crippen molar-refractivity contribution in [3.8, 4) is 5.75 Å². The number of benzene rings is 3. The lowest BCUT2D eigenvalue weighted by Crippen LogP contribution is -2.32. The molecule has 1 aliphatic heterocycles. The molecule has 0 unspecified atom stereocenters. The fourth-order valence-corrected chi connectivity index (χ4v) is 6.11. The van der Waals surface area contributed by atoms with Crippen LogP contribution in [0.25, 0.3) is 10.8 Å². The van der Waals surface area contributed by atoms with Crippen LogP contribution in [-0.4, -0.2) is 22.9 Å². The Balaban J connectivity index is 1.60. The highest BCUT2D eigenvalue weighted by molar-refractivity contribution is 7.99. The quantitative estimate of drug-likeness (QED) is 0.249. The van der Waals surface area contributed by atoms with Crippen LogP contribution in [0.1, 0.15) is 27.2 Å². The van der Waals surface area contributed by atoms with Crippen molar-refractivity contribution < 1.29 is 18.3 Å². The summed E-state index contributed by atoms with van der Waals surface area (Å²) in [4.78, 5) is 30.6. The van der Waals surface area contributed by atoms with Crippen LogP contribution in [0.15, 0.2) is 69.2 Å². The lowest BCUT2D eigenvalue weighted by atomic mass is 10.0. The molecule has 4 aromatic rings. The summed E-state index contributed by atoms with van der Waals surface area (Å²) in [5.41, 5.74) is -0.357. The molecule has 0 aliphatic carbocycles. The SMILES string of the molecule is COc1cc2c(c3ccccc13)CN(C(=O)c1c(Sc3c(Cl)cccc3Cl)cc(C(F)(F)Cl)[nH]c1=O)C2. The van der Waals surface area contributed by atoms with E-state index in [0.717, 1.165) is 39.7 Å². The van der Waals surface area contributed by atoms with Crippen molar-refractivity contribution in [2.75, 3.05) is 7.11 Å². The lowest BCUT2D eigenvalue weighted by molar-refractivity contribution is 0.0740. The van der Waals surface area contributed by atoms with Gasteiger partial charge in [0.15, 0.2) is 0 Å². The van der Waals surface area contributed by atoms with Gasteiger partial charge in [0.05, 0.1) is 17.2 Å². The van der Waals surface area contributed by atoms with Gasteiger partial charge in [0, 0.05) is 28.3 Å². The average Bonchev–Trinajstić information content (AvgIpc) is 3.29. The number of fused-ring (bicyclic) bond motifs is 3. The monoisotopic (exact) mass is 580 g/mol. The first kappa shape index (κ1) is 25.9. The lowest BCUT2D eigenvalue weighted by Gasteiger charge is -2.19. The van der Waals surface area contributed by atoms with E-state index < -0.39 is 22.5 Å². The van der Waals surface area contributed by atoms with E-state index in [1.807, 2.05) is 30.3 Å². The van der Waals surface area contributed by atoms with Gasteiger partial charge >= 0.3 is 5.38 Å². The van der Waals surface area contributed by atoms with Crippen molar-refractivity contribution in [2.45, 2.75) is 28.3 Å². The van der Waals surface area contributed by atoms with Crippen LogP contribution in [-0.2, 0) is 18.5 Å². The Hall–Kier alpha value is -2.78. The van der Waals surface area contributed by atoms with Crippen LogP contribution < -0.4 is 10.3 Å². The van der Waals surface area contributed by atoms with Crippen LogP contribution >= 0.6 is 46.6 Å². The number of hydrogen-bond donors (Lipinski definition) is 1. The number of nitrogens with zero attached hydrogens (tertiary/aromatic N) is 1. The van der Waals surface area contributed by atoms with Crippen molar-refractivity contribution in [1.82, 2.24) is 9.88 Å². The maximum absolute atomic E-state index is 14.0. The molecule has 0 radical (unpaired) electrons. The summed E-state index contributed by atoms with van der Waals surface area (Å²) in [6, 6.07) is 15.3. The van der Waals surface area contributed by atoms with Crippen LogP contribution in [0.2, 0.25) is 10.0 Å². The molecular formula is C26H17Cl3F2N2O3S. The number of pyridine rings is 1. The normalized spacial score (nSPS) is 13.2. The van der Waals surface area contributed by atoms with Gasteiger partial charge in [-0.25, -0.2) is 0 Å². The van der Waals surface area contributed by atoms with E-state index in [4.69, 9.17) is 39.5 Å². The van der Waals surface area contributed by atoms with Crippen molar-refractivity contribution in [1.29, 1.82) is 0 Å². The van der Waals surface area contributed by atoms with Crippen LogP contribution in [0, 0.1) is 0 Å². The van der Waals surface area contributed by atoms with Crippen LogP contribution in [0.3, 0.4) is 0 Å². The highest BCUT2D eigenvalue weighted by atomic mass is 35.5. The Morgan fingerprint density at radius 3 is 2.38 bits per heavy atom. The van der Waals surface area contributed by atoms with Crippen LogP contribution in [0.4, 0.5) is 8.78 Å². The number of H-pyrrole nitrogens is 1. The number of alkyl halides is 3. The van der Waals surface area contributed by atoms with Crippen molar-refractivity contribution >= 4 is 63.2 Å². The molecule has 0 fully saturated rings. The molecule has 190 valence electrons. The summed E-state index contributed by atoms with van der Waals surface area (Å²) in [6.07, 6.45) is 0. The van der Waals surface area contributed by atoms with E-state index in [1.54, 1.807) is 25.3 Å². The molecule has 1 aliphatic rings. The number of carbonyl (C=O) groups excluding carboxylic acids is 1. The fraction of sp³-hybridized carbons (Fsp3) is 0.154. The molecule has 0 saturated heterocycles. The Bertz CT molecular complexity index is 1600. The maximum atomic E-state index is 14.0. The Labute approximate surface area is 229 Å². The third-order valence-electron chi connectivity index (χ3n) is 6.08. The summed E-state index contributed by atoms with van der Waals surface area (Å²) in [7, 11) is 1.57. The highest BCUT2D eigenvalue weighted by Crippen LogP contribution is 2.42. The van der Waals surface area contributed by atoms with E-state index in [1.165, 1.54) is 4.90 Å². The zero-order valence-corrected chi connectivity index (χ0v) is 22.2. The number of hydrogen-bond acceptors (Lipinski definition) is 4. The molecule has 5 nitrogen and oxygen atoms in total. The van der Waals surface area contributed by atoms with E-state index in [0.29, 0.717) is 10.6 Å². The third kappa shape index (κ3) is 4.79. The molecule has 0 atom stereocenters. The smallest absolute Gasteiger partial charge is 0.362 e. The first-order valence-corrected chi connectivity index (χ1v) is 12.9. The third-order valence-corrected chi connectivity index (χ3v) is 8.32. The molecule has 1 N–H and O–H groups in total. The predicted molar refractivity (Wildman–Crippen MR) is 141 cm³/mol. The zero-order chi connectivity index (χ0) is 26.5. The molecule has 0 spiro atoms. The minimum atomic E-state index is -3.86. The van der Waals surface area contributed by atoms with Crippen molar-refractivity contribution in [3.05, 3.63) is 97.4 Å². The first-order chi connectivity index (χ1) is 17.6. The largest absolute Gasteiger partial charge is 0.496 e. The zero-order valence-electron chi connectivity index (χ0n) is 19.1. The number of nitrogens with one attached hydrogen (secondary N) is 1. The number of aromatic nitrogens is 1. The highest BCUT2D eigenvalue weighted by Gasteiger charge is 2.34. The van der Waals surface area contributed by atoms with Gasteiger partial charge in [0.2, 0.25) is 0 Å². The molecule has 3 aromatic carbocycles. The van der Waals surface area contributed by atoms with Gasteiger partial charge in [-0.05, 0) is 52.4 Å².